The predicted octanol–water partition coefficient (Wildman–Crippen LogP) is 1.61. The van der Waals surface area contributed by atoms with Crippen LogP contribution in [0.2, 0.25) is 0 Å². The van der Waals surface area contributed by atoms with Gasteiger partial charge >= 0.3 is 0 Å². The summed E-state index contributed by atoms with van der Waals surface area (Å²) in [5.41, 5.74) is 0. The summed E-state index contributed by atoms with van der Waals surface area (Å²) in [5, 5.41) is 0. The van der Waals surface area contributed by atoms with E-state index in [1.165, 1.54) is 25.5 Å². The van der Waals surface area contributed by atoms with Crippen LogP contribution in [0.4, 0.5) is 0 Å². The lowest BCUT2D eigenvalue weighted by molar-refractivity contribution is 0.591. The van der Waals surface area contributed by atoms with E-state index in [2.05, 4.69) is 0 Å². The number of hydrogen-bond acceptors (Lipinski definition) is 2. The Kier molecular flexibility index (Phi) is 2.93. The number of sulfone groups is 1. The van der Waals surface area contributed by atoms with Crippen LogP contribution in [0.1, 0.15) is 32.1 Å². The molecule has 3 heteroatoms. The van der Waals surface area contributed by atoms with Crippen molar-refractivity contribution in [1.29, 1.82) is 0 Å². The van der Waals surface area contributed by atoms with Gasteiger partial charge in [-0.3, -0.25) is 0 Å². The van der Waals surface area contributed by atoms with E-state index in [9.17, 15) is 8.42 Å². The smallest absolute Gasteiger partial charge is 0.147 e. The van der Waals surface area contributed by atoms with Crippen LogP contribution in [0.5, 0.6) is 0 Å². The van der Waals surface area contributed by atoms with E-state index in [1.807, 2.05) is 0 Å². The van der Waals surface area contributed by atoms with E-state index in [1.54, 1.807) is 0 Å². The van der Waals surface area contributed by atoms with Crippen molar-refractivity contribution in [2.24, 2.45) is 5.92 Å². The van der Waals surface area contributed by atoms with E-state index in [4.69, 9.17) is 0 Å². The van der Waals surface area contributed by atoms with E-state index in [-0.39, 0.29) is 0 Å². The van der Waals surface area contributed by atoms with Crippen LogP contribution in [0.15, 0.2) is 0 Å². The van der Waals surface area contributed by atoms with Crippen LogP contribution in [0.3, 0.4) is 0 Å². The minimum absolute atomic E-state index is 0.375. The Hall–Kier alpha value is -0.0500. The minimum Gasteiger partial charge on any atom is -0.229 e. The van der Waals surface area contributed by atoms with Crippen LogP contribution in [-0.4, -0.2) is 20.4 Å². The summed E-state index contributed by atoms with van der Waals surface area (Å²) >= 11 is 0. The third-order valence-corrected chi connectivity index (χ3v) is 3.10. The first-order chi connectivity index (χ1) is 5.08. The molecule has 0 unspecified atom stereocenters. The molecular weight excluding hydrogens is 160 g/mol. The first-order valence-corrected chi connectivity index (χ1v) is 6.32. The zero-order valence-electron chi connectivity index (χ0n) is 7.04. The van der Waals surface area contributed by atoms with Gasteiger partial charge in [-0.15, -0.1) is 0 Å². The molecule has 1 aliphatic carbocycles. The molecule has 0 N–H and O–H groups in total. The fourth-order valence-electron chi connectivity index (χ4n) is 1.20. The van der Waals surface area contributed by atoms with Gasteiger partial charge in [-0.25, -0.2) is 8.42 Å². The van der Waals surface area contributed by atoms with Crippen molar-refractivity contribution in [3.05, 3.63) is 0 Å². The van der Waals surface area contributed by atoms with E-state index in [0.29, 0.717) is 5.75 Å². The molecule has 0 aromatic carbocycles. The summed E-state index contributed by atoms with van der Waals surface area (Å²) in [6.07, 6.45) is 7.25. The van der Waals surface area contributed by atoms with Gasteiger partial charge in [-0.05, 0) is 12.3 Å². The molecule has 1 rings (SSSR count). The molecule has 0 radical (unpaired) electrons. The van der Waals surface area contributed by atoms with E-state index >= 15 is 0 Å². The summed E-state index contributed by atoms with van der Waals surface area (Å²) in [4.78, 5) is 0. The van der Waals surface area contributed by atoms with Crippen LogP contribution in [0, 0.1) is 5.92 Å². The molecule has 0 atom stereocenters. The number of rotatable bonds is 5. The molecule has 0 saturated heterocycles. The number of hydrogen-bond donors (Lipinski definition) is 0. The van der Waals surface area contributed by atoms with Crippen LogP contribution < -0.4 is 0 Å². The molecule has 0 amide bonds. The first kappa shape index (κ1) is 9.04. The lowest BCUT2D eigenvalue weighted by Crippen LogP contribution is -2.02. The topological polar surface area (TPSA) is 34.1 Å². The third kappa shape index (κ3) is 5.24. The molecule has 1 aliphatic rings. The summed E-state index contributed by atoms with van der Waals surface area (Å²) in [6.45, 7) is 0. The van der Waals surface area contributed by atoms with Gasteiger partial charge < -0.3 is 0 Å². The van der Waals surface area contributed by atoms with Crippen molar-refractivity contribution < 1.29 is 8.42 Å². The van der Waals surface area contributed by atoms with Crippen molar-refractivity contribution in [1.82, 2.24) is 0 Å². The highest BCUT2D eigenvalue weighted by molar-refractivity contribution is 7.90. The van der Waals surface area contributed by atoms with Crippen molar-refractivity contribution in [3.8, 4) is 0 Å². The van der Waals surface area contributed by atoms with Crippen LogP contribution >= 0.6 is 0 Å². The van der Waals surface area contributed by atoms with Crippen LogP contribution in [-0.2, 0) is 9.84 Å². The van der Waals surface area contributed by atoms with Gasteiger partial charge in [0.2, 0.25) is 0 Å². The second-order valence-electron chi connectivity index (χ2n) is 3.57. The van der Waals surface area contributed by atoms with Gasteiger partial charge in [0.1, 0.15) is 9.84 Å². The standard InChI is InChI=1S/C8H16O2S/c1-11(9,10)7-3-2-4-8-5-6-8/h8H,2-7H2,1H3. The average Bonchev–Trinajstić information content (AvgIpc) is 2.60. The zero-order chi connectivity index (χ0) is 8.32. The fourth-order valence-corrected chi connectivity index (χ4v) is 1.93. The summed E-state index contributed by atoms with van der Waals surface area (Å²) in [7, 11) is -2.70. The number of unbranched alkanes of at least 4 members (excludes halogenated alkanes) is 1. The summed E-state index contributed by atoms with van der Waals surface area (Å²) < 4.78 is 21.4. The van der Waals surface area contributed by atoms with E-state index in [0.717, 1.165) is 18.8 Å². The Morgan fingerprint density at radius 1 is 1.27 bits per heavy atom. The molecular formula is C8H16O2S. The SMILES string of the molecule is CS(=O)(=O)CCCCC1CC1. The average molecular weight is 176 g/mol. The van der Waals surface area contributed by atoms with Gasteiger partial charge in [-0.2, -0.15) is 0 Å². The van der Waals surface area contributed by atoms with Gasteiger partial charge in [-0.1, -0.05) is 25.7 Å². The highest BCUT2D eigenvalue weighted by Crippen LogP contribution is 2.33. The second-order valence-corrected chi connectivity index (χ2v) is 5.83. The van der Waals surface area contributed by atoms with Crippen molar-refractivity contribution in [2.45, 2.75) is 32.1 Å². The molecule has 0 heterocycles. The van der Waals surface area contributed by atoms with Gasteiger partial charge in [0.25, 0.3) is 0 Å². The van der Waals surface area contributed by atoms with Crippen LogP contribution in [0.25, 0.3) is 0 Å². The monoisotopic (exact) mass is 176 g/mol. The van der Waals surface area contributed by atoms with Gasteiger partial charge in [0.05, 0.1) is 0 Å². The largest absolute Gasteiger partial charge is 0.229 e. The lowest BCUT2D eigenvalue weighted by Gasteiger charge is -1.97. The van der Waals surface area contributed by atoms with Gasteiger partial charge in [0.15, 0.2) is 0 Å². The molecule has 0 bridgehead atoms. The second kappa shape index (κ2) is 3.57. The molecule has 0 aromatic heterocycles. The Labute approximate surface area is 68.9 Å². The quantitative estimate of drug-likeness (QED) is 0.596. The highest BCUT2D eigenvalue weighted by atomic mass is 32.2. The maximum Gasteiger partial charge on any atom is 0.147 e. The third-order valence-electron chi connectivity index (χ3n) is 2.07. The van der Waals surface area contributed by atoms with Crippen molar-refractivity contribution >= 4 is 9.84 Å². The summed E-state index contributed by atoms with van der Waals surface area (Å²) in [6, 6.07) is 0. The Bertz CT molecular complexity index is 202. The van der Waals surface area contributed by atoms with Crippen molar-refractivity contribution in [3.63, 3.8) is 0 Å². The molecule has 66 valence electrons. The normalized spacial score (nSPS) is 18.6. The van der Waals surface area contributed by atoms with Crippen molar-refractivity contribution in [2.75, 3.05) is 12.0 Å². The first-order valence-electron chi connectivity index (χ1n) is 4.26. The molecule has 1 fully saturated rings. The molecule has 0 aromatic rings. The maximum absolute atomic E-state index is 10.7. The maximum atomic E-state index is 10.7. The Balaban J connectivity index is 1.95. The predicted molar refractivity (Wildman–Crippen MR) is 46.3 cm³/mol. The molecule has 2 nitrogen and oxygen atoms in total. The zero-order valence-corrected chi connectivity index (χ0v) is 7.86. The fraction of sp³-hybridized carbons (Fsp3) is 1.00. The minimum atomic E-state index is -2.70. The highest BCUT2D eigenvalue weighted by Gasteiger charge is 2.20. The van der Waals surface area contributed by atoms with Gasteiger partial charge in [0, 0.05) is 12.0 Å². The molecule has 0 aliphatic heterocycles. The van der Waals surface area contributed by atoms with E-state index < -0.39 is 9.84 Å². The Morgan fingerprint density at radius 2 is 1.91 bits per heavy atom. The molecule has 1 saturated carbocycles. The molecule has 11 heavy (non-hydrogen) atoms. The summed E-state index contributed by atoms with van der Waals surface area (Å²) in [5.74, 6) is 1.31. The lowest BCUT2D eigenvalue weighted by atomic mass is 10.2. The molecule has 0 spiro atoms. The Morgan fingerprint density at radius 3 is 2.36 bits per heavy atom.